The molecule has 0 bridgehead atoms. The third-order valence-corrected chi connectivity index (χ3v) is 6.64. The molecule has 7 heteroatoms. The molecule has 0 aromatic heterocycles. The van der Waals surface area contributed by atoms with Gasteiger partial charge in [-0.1, -0.05) is 88.6 Å². The summed E-state index contributed by atoms with van der Waals surface area (Å²) in [4.78, 5) is 25.3. The minimum atomic E-state index is -0.546. The second-order valence-corrected chi connectivity index (χ2v) is 9.53. The van der Waals surface area contributed by atoms with Crippen LogP contribution >= 0.6 is 0 Å². The molecular weight excluding hydrogens is 492 g/mol. The molecule has 1 amide bonds. The fraction of sp³-hybridized carbons (Fsp3) is 0.406. The van der Waals surface area contributed by atoms with Crippen LogP contribution in [0.3, 0.4) is 0 Å². The molecule has 0 radical (unpaired) electrons. The van der Waals surface area contributed by atoms with Crippen molar-refractivity contribution in [1.82, 2.24) is 5.43 Å². The Balaban J connectivity index is 1.61. The Morgan fingerprint density at radius 1 is 0.795 bits per heavy atom. The second-order valence-electron chi connectivity index (χ2n) is 9.53. The smallest absolute Gasteiger partial charge is 0.343 e. The van der Waals surface area contributed by atoms with Gasteiger partial charge in [-0.15, -0.1) is 0 Å². The molecule has 0 fully saturated rings. The number of fused-ring (bicyclic) bond motifs is 1. The molecular formula is C32H40N2O5. The summed E-state index contributed by atoms with van der Waals surface area (Å²) in [5.74, 6) is 0.617. The number of hydrogen-bond acceptors (Lipinski definition) is 6. The zero-order valence-electron chi connectivity index (χ0n) is 23.3. The lowest BCUT2D eigenvalue weighted by molar-refractivity contribution is -0.121. The molecule has 0 heterocycles. The molecule has 0 aliphatic carbocycles. The van der Waals surface area contributed by atoms with Gasteiger partial charge in [-0.25, -0.2) is 10.2 Å². The van der Waals surface area contributed by atoms with E-state index in [-0.39, 0.29) is 5.91 Å². The standard InChI is InChI=1S/C32H40N2O5/c1-4-5-6-7-8-9-10-11-12-17-31(35)34-33-23-27-26-16-14-13-15-24(26)18-20-28(27)39-32(36)25-19-21-29(37-2)30(22-25)38-3/h13-16,18-23H,4-12,17H2,1-3H3,(H,34,35)/b33-23+. The van der Waals surface area contributed by atoms with Crippen molar-refractivity contribution in [2.24, 2.45) is 5.10 Å². The van der Waals surface area contributed by atoms with Crippen molar-refractivity contribution in [2.75, 3.05) is 14.2 Å². The van der Waals surface area contributed by atoms with Gasteiger partial charge < -0.3 is 14.2 Å². The van der Waals surface area contributed by atoms with Crippen LogP contribution in [-0.4, -0.2) is 32.3 Å². The zero-order valence-corrected chi connectivity index (χ0v) is 23.3. The van der Waals surface area contributed by atoms with E-state index < -0.39 is 5.97 Å². The second kappa shape index (κ2) is 16.2. The number of nitrogens with zero attached hydrogens (tertiary/aromatic N) is 1. The third-order valence-electron chi connectivity index (χ3n) is 6.64. The van der Waals surface area contributed by atoms with E-state index in [2.05, 4.69) is 17.5 Å². The largest absolute Gasteiger partial charge is 0.493 e. The summed E-state index contributed by atoms with van der Waals surface area (Å²) in [6.07, 6.45) is 12.8. The first kappa shape index (κ1) is 29.7. The minimum absolute atomic E-state index is 0.127. The first-order valence-corrected chi connectivity index (χ1v) is 13.8. The highest BCUT2D eigenvalue weighted by molar-refractivity contribution is 6.04. The summed E-state index contributed by atoms with van der Waals surface area (Å²) in [5.41, 5.74) is 3.54. The summed E-state index contributed by atoms with van der Waals surface area (Å²) in [6, 6.07) is 16.2. The van der Waals surface area contributed by atoms with Gasteiger partial charge in [-0.2, -0.15) is 5.10 Å². The Bertz CT molecular complexity index is 1250. The predicted octanol–water partition coefficient (Wildman–Crippen LogP) is 7.45. The number of unbranched alkanes of at least 4 members (excludes halogenated alkanes) is 8. The molecule has 0 aliphatic rings. The summed E-state index contributed by atoms with van der Waals surface area (Å²) < 4.78 is 16.3. The molecule has 39 heavy (non-hydrogen) atoms. The minimum Gasteiger partial charge on any atom is -0.493 e. The maximum atomic E-state index is 13.0. The Labute approximate surface area is 231 Å². The molecule has 208 valence electrons. The molecule has 0 spiro atoms. The van der Waals surface area contributed by atoms with E-state index in [4.69, 9.17) is 14.2 Å². The van der Waals surface area contributed by atoms with Crippen molar-refractivity contribution in [3.8, 4) is 17.2 Å². The number of hydrazone groups is 1. The van der Waals surface area contributed by atoms with Crippen LogP contribution in [0.5, 0.6) is 17.2 Å². The summed E-state index contributed by atoms with van der Waals surface area (Å²) >= 11 is 0. The fourth-order valence-electron chi connectivity index (χ4n) is 4.44. The van der Waals surface area contributed by atoms with Gasteiger partial charge in [0.2, 0.25) is 5.91 Å². The van der Waals surface area contributed by atoms with Crippen LogP contribution in [0.1, 0.15) is 87.1 Å². The average Bonchev–Trinajstić information content (AvgIpc) is 2.96. The Morgan fingerprint density at radius 3 is 2.18 bits per heavy atom. The van der Waals surface area contributed by atoms with Crippen molar-refractivity contribution in [3.05, 3.63) is 65.7 Å². The zero-order chi connectivity index (χ0) is 27.9. The van der Waals surface area contributed by atoms with Crippen molar-refractivity contribution < 1.29 is 23.8 Å². The van der Waals surface area contributed by atoms with Crippen molar-refractivity contribution in [2.45, 2.75) is 71.1 Å². The highest BCUT2D eigenvalue weighted by atomic mass is 16.5. The SMILES string of the molecule is CCCCCCCCCCCC(=O)N/N=C/c1c(OC(=O)c2ccc(OC)c(OC)c2)ccc2ccccc12. The van der Waals surface area contributed by atoms with E-state index in [1.165, 1.54) is 59.0 Å². The average molecular weight is 533 g/mol. The van der Waals surface area contributed by atoms with Crippen molar-refractivity contribution in [1.29, 1.82) is 0 Å². The van der Waals surface area contributed by atoms with Crippen LogP contribution in [0.25, 0.3) is 10.8 Å². The van der Waals surface area contributed by atoms with Crippen LogP contribution in [-0.2, 0) is 4.79 Å². The lowest BCUT2D eigenvalue weighted by atomic mass is 10.0. The molecule has 7 nitrogen and oxygen atoms in total. The first-order valence-electron chi connectivity index (χ1n) is 13.8. The number of hydrogen-bond donors (Lipinski definition) is 1. The van der Waals surface area contributed by atoms with Crippen LogP contribution in [0, 0.1) is 0 Å². The molecule has 3 aromatic rings. The van der Waals surface area contributed by atoms with E-state index in [0.29, 0.717) is 34.8 Å². The number of rotatable bonds is 16. The molecule has 1 N–H and O–H groups in total. The highest BCUT2D eigenvalue weighted by Crippen LogP contribution is 2.30. The molecule has 0 atom stereocenters. The Kier molecular flexibility index (Phi) is 12.3. The Hall–Kier alpha value is -3.87. The molecule has 3 aromatic carbocycles. The van der Waals surface area contributed by atoms with Gasteiger partial charge in [0.15, 0.2) is 11.5 Å². The van der Waals surface area contributed by atoms with Gasteiger partial charge in [-0.05, 0) is 41.5 Å². The van der Waals surface area contributed by atoms with Gasteiger partial charge in [0.25, 0.3) is 0 Å². The topological polar surface area (TPSA) is 86.2 Å². The number of methoxy groups -OCH3 is 2. The van der Waals surface area contributed by atoms with Gasteiger partial charge in [-0.3, -0.25) is 4.79 Å². The molecule has 0 unspecified atom stereocenters. The van der Waals surface area contributed by atoms with Gasteiger partial charge >= 0.3 is 5.97 Å². The van der Waals surface area contributed by atoms with Crippen molar-refractivity contribution in [3.63, 3.8) is 0 Å². The van der Waals surface area contributed by atoms with Gasteiger partial charge in [0.1, 0.15) is 5.75 Å². The quantitative estimate of drug-likeness (QED) is 0.0681. The lowest BCUT2D eigenvalue weighted by Gasteiger charge is -2.12. The van der Waals surface area contributed by atoms with Crippen LogP contribution in [0.2, 0.25) is 0 Å². The first-order chi connectivity index (χ1) is 19.1. The Morgan fingerprint density at radius 2 is 1.46 bits per heavy atom. The maximum absolute atomic E-state index is 13.0. The predicted molar refractivity (Wildman–Crippen MR) is 156 cm³/mol. The summed E-state index contributed by atoms with van der Waals surface area (Å²) in [7, 11) is 3.04. The summed E-state index contributed by atoms with van der Waals surface area (Å²) in [6.45, 7) is 2.23. The number of benzene rings is 3. The number of carbonyl (C=O) groups is 2. The summed E-state index contributed by atoms with van der Waals surface area (Å²) in [5, 5.41) is 6.00. The molecule has 0 saturated carbocycles. The van der Waals surface area contributed by atoms with E-state index >= 15 is 0 Å². The highest BCUT2D eigenvalue weighted by Gasteiger charge is 2.16. The molecule has 0 aliphatic heterocycles. The van der Waals surface area contributed by atoms with E-state index in [1.54, 1.807) is 24.3 Å². The number of carbonyl (C=O) groups excluding carboxylic acids is 2. The van der Waals surface area contributed by atoms with Gasteiger partial charge in [0, 0.05) is 12.0 Å². The van der Waals surface area contributed by atoms with E-state index in [0.717, 1.165) is 30.0 Å². The van der Waals surface area contributed by atoms with Crippen LogP contribution < -0.4 is 19.6 Å². The monoisotopic (exact) mass is 532 g/mol. The number of ether oxygens (including phenoxy) is 3. The number of amides is 1. The maximum Gasteiger partial charge on any atom is 0.343 e. The molecule has 0 saturated heterocycles. The normalized spacial score (nSPS) is 11.1. The molecule has 3 rings (SSSR count). The van der Waals surface area contributed by atoms with Crippen LogP contribution in [0.4, 0.5) is 0 Å². The van der Waals surface area contributed by atoms with Crippen molar-refractivity contribution >= 4 is 28.9 Å². The fourth-order valence-corrected chi connectivity index (χ4v) is 4.44. The number of nitrogens with one attached hydrogen (secondary N) is 1. The van der Waals surface area contributed by atoms with Crippen LogP contribution in [0.15, 0.2) is 59.7 Å². The van der Waals surface area contributed by atoms with E-state index in [9.17, 15) is 9.59 Å². The van der Waals surface area contributed by atoms with Gasteiger partial charge in [0.05, 0.1) is 26.0 Å². The number of esters is 1. The lowest BCUT2D eigenvalue weighted by Crippen LogP contribution is -2.17. The third kappa shape index (κ3) is 9.13. The van der Waals surface area contributed by atoms with E-state index in [1.807, 2.05) is 30.3 Å².